The fourth-order valence-electron chi connectivity index (χ4n) is 2.41. The van der Waals surface area contributed by atoms with E-state index in [4.69, 9.17) is 10.5 Å². The van der Waals surface area contributed by atoms with Gasteiger partial charge in [0.25, 0.3) is 0 Å². The van der Waals surface area contributed by atoms with Crippen LogP contribution in [0.5, 0.6) is 5.75 Å². The lowest BCUT2D eigenvalue weighted by Crippen LogP contribution is -2.24. The van der Waals surface area contributed by atoms with E-state index < -0.39 is 12.0 Å². The van der Waals surface area contributed by atoms with E-state index in [1.54, 1.807) is 24.3 Å². The van der Waals surface area contributed by atoms with E-state index in [-0.39, 0.29) is 0 Å². The number of nitrogens with two attached hydrogens (primary N) is 1. The number of nitrogens with zero attached hydrogens (tertiary/aromatic N) is 1. The van der Waals surface area contributed by atoms with E-state index in [0.29, 0.717) is 21.3 Å². The molecule has 0 atom stereocenters. The molecular formula is C19H14BrN3O3. The number of benzene rings is 3. The van der Waals surface area contributed by atoms with Crippen LogP contribution in [0.1, 0.15) is 15.9 Å². The van der Waals surface area contributed by atoms with E-state index in [1.165, 1.54) is 6.21 Å². The van der Waals surface area contributed by atoms with Gasteiger partial charge < -0.3 is 10.5 Å². The average molecular weight is 412 g/mol. The minimum atomic E-state index is -0.749. The molecule has 6 nitrogen and oxygen atoms in total. The Morgan fingerprint density at radius 1 is 1.08 bits per heavy atom. The smallest absolute Gasteiger partial charge is 0.344 e. The van der Waals surface area contributed by atoms with Crippen LogP contribution in [-0.2, 0) is 0 Å². The molecule has 3 N–H and O–H groups in total. The lowest BCUT2D eigenvalue weighted by Gasteiger charge is -2.09. The fraction of sp³-hybridized carbons (Fsp3) is 0. The number of carbonyl (C=O) groups is 2. The molecule has 130 valence electrons. The predicted molar refractivity (Wildman–Crippen MR) is 103 cm³/mol. The lowest BCUT2D eigenvalue weighted by atomic mass is 10.0. The number of nitrogens with one attached hydrogen (secondary N) is 1. The molecule has 3 aromatic rings. The monoisotopic (exact) mass is 411 g/mol. The van der Waals surface area contributed by atoms with Crippen molar-refractivity contribution in [3.8, 4) is 5.75 Å². The number of halogens is 1. The number of hydrogen-bond donors (Lipinski definition) is 2. The van der Waals surface area contributed by atoms with Crippen LogP contribution in [0.15, 0.2) is 70.2 Å². The summed E-state index contributed by atoms with van der Waals surface area (Å²) in [6, 6.07) is 17.4. The summed E-state index contributed by atoms with van der Waals surface area (Å²) in [5.41, 5.74) is 8.22. The molecule has 0 aliphatic heterocycles. The van der Waals surface area contributed by atoms with Crippen molar-refractivity contribution < 1.29 is 14.3 Å². The quantitative estimate of drug-likeness (QED) is 0.295. The number of hydrogen-bond acceptors (Lipinski definition) is 4. The summed E-state index contributed by atoms with van der Waals surface area (Å²) in [7, 11) is 0. The Labute approximate surface area is 157 Å². The first-order valence-corrected chi connectivity index (χ1v) is 8.42. The van der Waals surface area contributed by atoms with Gasteiger partial charge in [-0.2, -0.15) is 5.10 Å². The molecule has 0 bridgehead atoms. The number of amides is 2. The summed E-state index contributed by atoms with van der Waals surface area (Å²) in [4.78, 5) is 23.2. The van der Waals surface area contributed by atoms with Gasteiger partial charge in [-0.25, -0.2) is 15.0 Å². The highest BCUT2D eigenvalue weighted by atomic mass is 79.9. The Morgan fingerprint density at radius 2 is 1.85 bits per heavy atom. The van der Waals surface area contributed by atoms with Crippen molar-refractivity contribution in [1.82, 2.24) is 5.43 Å². The molecule has 0 saturated carbocycles. The highest BCUT2D eigenvalue weighted by Gasteiger charge is 2.14. The minimum absolute atomic E-state index is 0.378. The summed E-state index contributed by atoms with van der Waals surface area (Å²) < 4.78 is 6.09. The molecule has 26 heavy (non-hydrogen) atoms. The van der Waals surface area contributed by atoms with Crippen molar-refractivity contribution >= 4 is 44.9 Å². The SMILES string of the molecule is NC(=O)N/N=C\c1ccc(OC(=O)c2cccc3ccccc23)c(Br)c1. The van der Waals surface area contributed by atoms with Crippen LogP contribution in [0.3, 0.4) is 0 Å². The molecule has 0 aliphatic rings. The van der Waals surface area contributed by atoms with Gasteiger partial charge in [-0.3, -0.25) is 0 Å². The van der Waals surface area contributed by atoms with Crippen LogP contribution in [0.4, 0.5) is 4.79 Å². The standard InChI is InChI=1S/C19H14BrN3O3/c20-16-10-12(11-22-23-19(21)25)8-9-17(16)26-18(24)15-7-3-5-13-4-1-2-6-14(13)15/h1-11H,(H3,21,23,25)/b22-11-. The zero-order valence-corrected chi connectivity index (χ0v) is 15.1. The molecule has 0 unspecified atom stereocenters. The van der Waals surface area contributed by atoms with E-state index in [9.17, 15) is 9.59 Å². The van der Waals surface area contributed by atoms with E-state index in [1.807, 2.05) is 36.4 Å². The molecular weight excluding hydrogens is 398 g/mol. The maximum atomic E-state index is 12.6. The third kappa shape index (κ3) is 4.07. The fourth-order valence-corrected chi connectivity index (χ4v) is 2.89. The highest BCUT2D eigenvalue weighted by Crippen LogP contribution is 2.27. The summed E-state index contributed by atoms with van der Waals surface area (Å²) in [5.74, 6) is -0.0674. The Kier molecular flexibility index (Phi) is 5.28. The first kappa shape index (κ1) is 17.6. The summed E-state index contributed by atoms with van der Waals surface area (Å²) in [5, 5.41) is 5.47. The van der Waals surface area contributed by atoms with Gasteiger partial charge in [0.2, 0.25) is 0 Å². The van der Waals surface area contributed by atoms with Gasteiger partial charge >= 0.3 is 12.0 Å². The molecule has 0 fully saturated rings. The third-order valence-corrected chi connectivity index (χ3v) is 4.18. The molecule has 0 heterocycles. The van der Waals surface area contributed by atoms with Crippen molar-refractivity contribution in [2.45, 2.75) is 0 Å². The van der Waals surface area contributed by atoms with Crippen molar-refractivity contribution in [3.05, 3.63) is 76.3 Å². The first-order valence-electron chi connectivity index (χ1n) is 7.62. The molecule has 3 rings (SSSR count). The third-order valence-electron chi connectivity index (χ3n) is 3.56. The summed E-state index contributed by atoms with van der Waals surface area (Å²) in [6.07, 6.45) is 1.42. The zero-order chi connectivity index (χ0) is 18.5. The maximum Gasteiger partial charge on any atom is 0.344 e. The average Bonchev–Trinajstić information content (AvgIpc) is 2.63. The topological polar surface area (TPSA) is 93.8 Å². The van der Waals surface area contributed by atoms with Crippen molar-refractivity contribution in [2.75, 3.05) is 0 Å². The Hall–Kier alpha value is -3.19. The second-order valence-corrected chi connectivity index (χ2v) is 6.19. The number of primary amides is 1. The van der Waals surface area contributed by atoms with E-state index >= 15 is 0 Å². The van der Waals surface area contributed by atoms with Gasteiger partial charge in [0.15, 0.2) is 0 Å². The minimum Gasteiger partial charge on any atom is -0.422 e. The predicted octanol–water partition coefficient (Wildman–Crippen LogP) is 3.82. The summed E-state index contributed by atoms with van der Waals surface area (Å²) in [6.45, 7) is 0. The Morgan fingerprint density at radius 3 is 2.62 bits per heavy atom. The van der Waals surface area contributed by atoms with Crippen LogP contribution in [0.2, 0.25) is 0 Å². The highest BCUT2D eigenvalue weighted by molar-refractivity contribution is 9.10. The number of esters is 1. The molecule has 0 aliphatic carbocycles. The van der Waals surface area contributed by atoms with E-state index in [2.05, 4.69) is 26.5 Å². The van der Waals surface area contributed by atoms with Crippen LogP contribution < -0.4 is 15.9 Å². The van der Waals surface area contributed by atoms with Crippen molar-refractivity contribution in [1.29, 1.82) is 0 Å². The lowest BCUT2D eigenvalue weighted by molar-refractivity contribution is 0.0735. The largest absolute Gasteiger partial charge is 0.422 e. The zero-order valence-electron chi connectivity index (χ0n) is 13.5. The van der Waals surface area contributed by atoms with Gasteiger partial charge in [0, 0.05) is 0 Å². The number of rotatable bonds is 4. The van der Waals surface area contributed by atoms with Crippen LogP contribution in [0.25, 0.3) is 10.8 Å². The molecule has 0 spiro atoms. The molecule has 7 heteroatoms. The molecule has 0 saturated heterocycles. The molecule has 3 aromatic carbocycles. The number of hydrazone groups is 1. The number of fused-ring (bicyclic) bond motifs is 1. The van der Waals surface area contributed by atoms with Gasteiger partial charge in [-0.05, 0) is 56.5 Å². The number of urea groups is 1. The molecule has 0 radical (unpaired) electrons. The van der Waals surface area contributed by atoms with Gasteiger partial charge in [-0.1, -0.05) is 36.4 Å². The Bertz CT molecular complexity index is 1010. The normalized spacial score (nSPS) is 10.8. The number of ether oxygens (including phenoxy) is 1. The van der Waals surface area contributed by atoms with Crippen LogP contribution >= 0.6 is 15.9 Å². The van der Waals surface area contributed by atoms with E-state index in [0.717, 1.165) is 10.8 Å². The van der Waals surface area contributed by atoms with Crippen LogP contribution in [0, 0.1) is 0 Å². The second-order valence-electron chi connectivity index (χ2n) is 5.34. The van der Waals surface area contributed by atoms with Crippen molar-refractivity contribution in [3.63, 3.8) is 0 Å². The second kappa shape index (κ2) is 7.79. The summed E-state index contributed by atoms with van der Waals surface area (Å²) >= 11 is 3.37. The van der Waals surface area contributed by atoms with Crippen LogP contribution in [-0.4, -0.2) is 18.2 Å². The Balaban J connectivity index is 1.81. The van der Waals surface area contributed by atoms with Gasteiger partial charge in [-0.15, -0.1) is 0 Å². The maximum absolute atomic E-state index is 12.6. The molecule has 0 aromatic heterocycles. The molecule has 2 amide bonds. The number of carbonyl (C=O) groups excluding carboxylic acids is 2. The first-order chi connectivity index (χ1) is 12.5. The van der Waals surface area contributed by atoms with Gasteiger partial charge in [0.1, 0.15) is 5.75 Å². The van der Waals surface area contributed by atoms with Crippen molar-refractivity contribution in [2.24, 2.45) is 10.8 Å². The van der Waals surface area contributed by atoms with Gasteiger partial charge in [0.05, 0.1) is 16.3 Å².